The van der Waals surface area contributed by atoms with Crippen molar-refractivity contribution in [2.45, 2.75) is 25.9 Å². The molecule has 0 saturated heterocycles. The van der Waals surface area contributed by atoms with Crippen molar-refractivity contribution in [2.24, 2.45) is 0 Å². The number of aromatic nitrogens is 1. The van der Waals surface area contributed by atoms with E-state index in [1.165, 1.54) is 10.9 Å². The minimum atomic E-state index is -0.0109. The molecule has 2 aromatic rings. The summed E-state index contributed by atoms with van der Waals surface area (Å²) in [7, 11) is 0. The van der Waals surface area contributed by atoms with E-state index < -0.39 is 0 Å². The first-order chi connectivity index (χ1) is 10.2. The fraction of sp³-hybridized carbons (Fsp3) is 0.438. The number of para-hydroxylation sites is 1. The van der Waals surface area contributed by atoms with Gasteiger partial charge >= 0.3 is 0 Å². The summed E-state index contributed by atoms with van der Waals surface area (Å²) in [5.74, 6) is 0.806. The third-order valence-corrected chi connectivity index (χ3v) is 4.25. The maximum absolute atomic E-state index is 12.2. The first-order valence-electron chi connectivity index (χ1n) is 7.09. The lowest BCUT2D eigenvalue weighted by molar-refractivity contribution is -0.122. The van der Waals surface area contributed by atoms with Crippen molar-refractivity contribution < 1.29 is 9.90 Å². The zero-order chi connectivity index (χ0) is 15.2. The molecule has 0 radical (unpaired) electrons. The summed E-state index contributed by atoms with van der Waals surface area (Å²) in [6.07, 6.45) is 4.61. The van der Waals surface area contributed by atoms with Gasteiger partial charge in [0.05, 0.1) is 0 Å². The van der Waals surface area contributed by atoms with Crippen molar-refractivity contribution in [3.05, 3.63) is 36.0 Å². The summed E-state index contributed by atoms with van der Waals surface area (Å²) < 4.78 is 1.98. The molecule has 2 rings (SSSR count). The van der Waals surface area contributed by atoms with E-state index in [-0.39, 0.29) is 18.6 Å². The molecule has 5 heteroatoms. The lowest BCUT2D eigenvalue weighted by atomic mass is 10.2. The molecule has 1 atom stereocenters. The minimum Gasteiger partial charge on any atom is -0.396 e. The number of aliphatic hydroxyl groups excluding tert-OH is 1. The Morgan fingerprint density at radius 3 is 2.90 bits per heavy atom. The molecule has 0 aliphatic heterocycles. The molecule has 1 aromatic heterocycles. The topological polar surface area (TPSA) is 54.3 Å². The Kier molecular flexibility index (Phi) is 5.70. The number of fused-ring (bicyclic) bond motifs is 1. The molecule has 21 heavy (non-hydrogen) atoms. The van der Waals surface area contributed by atoms with Crippen molar-refractivity contribution in [3.63, 3.8) is 0 Å². The number of rotatable bonds is 7. The van der Waals surface area contributed by atoms with Crippen LogP contribution in [0.2, 0.25) is 0 Å². The highest BCUT2D eigenvalue weighted by Gasteiger charge is 2.13. The summed E-state index contributed by atoms with van der Waals surface area (Å²) in [5, 5.41) is 13.2. The van der Waals surface area contributed by atoms with Crippen molar-refractivity contribution in [1.82, 2.24) is 9.88 Å². The third kappa shape index (κ3) is 4.02. The maximum atomic E-state index is 12.2. The molecule has 0 saturated carbocycles. The molecule has 0 fully saturated rings. The molecule has 0 bridgehead atoms. The van der Waals surface area contributed by atoms with Crippen LogP contribution in [0.5, 0.6) is 0 Å². The zero-order valence-electron chi connectivity index (χ0n) is 12.5. The SMILES string of the molecule is CSCC(CCO)NC(=O)Cn1cc(C)c2ccccc21. The van der Waals surface area contributed by atoms with Gasteiger partial charge in [-0.05, 0) is 31.2 Å². The molecule has 0 spiro atoms. The highest BCUT2D eigenvalue weighted by molar-refractivity contribution is 7.98. The van der Waals surface area contributed by atoms with E-state index in [0.717, 1.165) is 11.3 Å². The monoisotopic (exact) mass is 306 g/mol. The number of hydrogen-bond donors (Lipinski definition) is 2. The maximum Gasteiger partial charge on any atom is 0.240 e. The lowest BCUT2D eigenvalue weighted by Gasteiger charge is -2.17. The van der Waals surface area contributed by atoms with Gasteiger partial charge in [-0.1, -0.05) is 18.2 Å². The first kappa shape index (κ1) is 15.9. The summed E-state index contributed by atoms with van der Waals surface area (Å²) >= 11 is 1.67. The number of aryl methyl sites for hydroxylation is 1. The second kappa shape index (κ2) is 7.52. The molecule has 0 aliphatic carbocycles. The molecule has 1 aromatic carbocycles. The molecular formula is C16H22N2O2S. The zero-order valence-corrected chi connectivity index (χ0v) is 13.3. The van der Waals surface area contributed by atoms with Gasteiger partial charge in [-0.15, -0.1) is 0 Å². The van der Waals surface area contributed by atoms with E-state index in [9.17, 15) is 4.79 Å². The van der Waals surface area contributed by atoms with E-state index in [1.807, 2.05) is 35.2 Å². The van der Waals surface area contributed by atoms with E-state index in [4.69, 9.17) is 5.11 Å². The Bertz CT molecular complexity index is 603. The Labute approximate surface area is 129 Å². The first-order valence-corrected chi connectivity index (χ1v) is 8.48. The number of nitrogens with one attached hydrogen (secondary N) is 1. The highest BCUT2D eigenvalue weighted by atomic mass is 32.2. The standard InChI is InChI=1S/C16H22N2O2S/c1-12-9-18(15-6-4-3-5-14(12)15)10-16(20)17-13(7-8-19)11-21-2/h3-6,9,13,19H,7-8,10-11H2,1-2H3,(H,17,20). The number of hydrogen-bond acceptors (Lipinski definition) is 3. The average Bonchev–Trinajstić information content (AvgIpc) is 2.76. The Hall–Kier alpha value is -1.46. The van der Waals surface area contributed by atoms with E-state index in [1.54, 1.807) is 11.8 Å². The predicted octanol–water partition coefficient (Wildman–Crippen LogP) is 2.18. The molecule has 1 unspecified atom stereocenters. The number of thioether (sulfide) groups is 1. The largest absolute Gasteiger partial charge is 0.396 e. The van der Waals surface area contributed by atoms with Crippen molar-refractivity contribution in [2.75, 3.05) is 18.6 Å². The number of amides is 1. The van der Waals surface area contributed by atoms with Crippen LogP contribution in [0.3, 0.4) is 0 Å². The number of nitrogens with zero attached hydrogens (tertiary/aromatic N) is 1. The third-order valence-electron chi connectivity index (χ3n) is 3.51. The van der Waals surface area contributed by atoms with Gasteiger partial charge in [-0.2, -0.15) is 11.8 Å². The Balaban J connectivity index is 2.07. The van der Waals surface area contributed by atoms with Gasteiger partial charge < -0.3 is 15.0 Å². The van der Waals surface area contributed by atoms with Crippen LogP contribution in [0.15, 0.2) is 30.5 Å². The minimum absolute atomic E-state index is 0.0109. The van der Waals surface area contributed by atoms with Gasteiger partial charge in [0, 0.05) is 35.5 Å². The fourth-order valence-electron chi connectivity index (χ4n) is 2.54. The van der Waals surface area contributed by atoms with Crippen LogP contribution in [-0.2, 0) is 11.3 Å². The van der Waals surface area contributed by atoms with E-state index in [0.29, 0.717) is 13.0 Å². The molecular weight excluding hydrogens is 284 g/mol. The van der Waals surface area contributed by atoms with Crippen LogP contribution < -0.4 is 5.32 Å². The lowest BCUT2D eigenvalue weighted by Crippen LogP contribution is -2.39. The second-order valence-electron chi connectivity index (χ2n) is 5.19. The van der Waals surface area contributed by atoms with Crippen LogP contribution >= 0.6 is 11.8 Å². The van der Waals surface area contributed by atoms with Gasteiger partial charge in [0.15, 0.2) is 0 Å². The van der Waals surface area contributed by atoms with Crippen molar-refractivity contribution >= 4 is 28.6 Å². The van der Waals surface area contributed by atoms with Gasteiger partial charge in [0.25, 0.3) is 0 Å². The molecule has 4 nitrogen and oxygen atoms in total. The number of benzene rings is 1. The summed E-state index contributed by atoms with van der Waals surface area (Å²) in [6, 6.07) is 8.12. The van der Waals surface area contributed by atoms with Crippen LogP contribution in [0, 0.1) is 6.92 Å². The van der Waals surface area contributed by atoms with Crippen molar-refractivity contribution in [1.29, 1.82) is 0 Å². The summed E-state index contributed by atoms with van der Waals surface area (Å²) in [4.78, 5) is 12.2. The van der Waals surface area contributed by atoms with Crippen LogP contribution in [0.1, 0.15) is 12.0 Å². The number of carbonyl (C=O) groups is 1. The molecule has 0 aliphatic rings. The number of aliphatic hydroxyl groups is 1. The molecule has 2 N–H and O–H groups in total. The quantitative estimate of drug-likeness (QED) is 0.824. The summed E-state index contributed by atoms with van der Waals surface area (Å²) in [6.45, 7) is 2.46. The van der Waals surface area contributed by atoms with E-state index in [2.05, 4.69) is 18.3 Å². The summed E-state index contributed by atoms with van der Waals surface area (Å²) in [5.41, 5.74) is 2.25. The normalized spacial score (nSPS) is 12.5. The predicted molar refractivity (Wildman–Crippen MR) is 88.7 cm³/mol. The number of carbonyl (C=O) groups excluding carboxylic acids is 1. The van der Waals surface area contributed by atoms with Gasteiger partial charge in [-0.3, -0.25) is 4.79 Å². The van der Waals surface area contributed by atoms with Crippen molar-refractivity contribution in [3.8, 4) is 0 Å². The van der Waals surface area contributed by atoms with Gasteiger partial charge in [0.2, 0.25) is 5.91 Å². The molecule has 1 heterocycles. The average molecular weight is 306 g/mol. The molecule has 1 amide bonds. The highest BCUT2D eigenvalue weighted by Crippen LogP contribution is 2.20. The van der Waals surface area contributed by atoms with Gasteiger partial charge in [0.1, 0.15) is 6.54 Å². The Morgan fingerprint density at radius 1 is 1.43 bits per heavy atom. The van der Waals surface area contributed by atoms with Crippen LogP contribution in [0.25, 0.3) is 10.9 Å². The van der Waals surface area contributed by atoms with Crippen LogP contribution in [0.4, 0.5) is 0 Å². The van der Waals surface area contributed by atoms with Gasteiger partial charge in [-0.25, -0.2) is 0 Å². The molecule has 114 valence electrons. The second-order valence-corrected chi connectivity index (χ2v) is 6.10. The Morgan fingerprint density at radius 2 is 2.19 bits per heavy atom. The van der Waals surface area contributed by atoms with Crippen LogP contribution in [-0.4, -0.2) is 40.2 Å². The van der Waals surface area contributed by atoms with E-state index >= 15 is 0 Å². The fourth-order valence-corrected chi connectivity index (χ4v) is 3.20. The smallest absolute Gasteiger partial charge is 0.240 e.